The number of nitrogens with zero attached hydrogens (tertiary/aromatic N) is 2. The second-order valence-electron chi connectivity index (χ2n) is 4.61. The Hall–Kier alpha value is -2.53. The largest absolute Gasteiger partial charge is 0.451 e. The molecule has 0 saturated heterocycles. The number of nitrogens with one attached hydrogen (secondary N) is 1. The summed E-state index contributed by atoms with van der Waals surface area (Å²) in [6, 6.07) is 8.17. The van der Waals surface area contributed by atoms with Gasteiger partial charge < -0.3 is 15.8 Å². The Balaban J connectivity index is 2.03. The van der Waals surface area contributed by atoms with Crippen molar-refractivity contribution >= 4 is 58.1 Å². The average Bonchev–Trinajstić information content (AvgIpc) is 2.61. The number of carbonyl (C=O) groups excluding carboxylic acids is 2. The minimum absolute atomic E-state index is 0.0849. The number of anilines is 2. The van der Waals surface area contributed by atoms with Gasteiger partial charge in [-0.15, -0.1) is 0 Å². The summed E-state index contributed by atoms with van der Waals surface area (Å²) >= 11 is 17.4. The normalized spacial score (nSPS) is 10.0. The second-order valence-corrected chi connectivity index (χ2v) is 5.72. The number of esters is 1. The minimum Gasteiger partial charge on any atom is -0.451 e. The zero-order chi connectivity index (χ0) is 18.6. The molecule has 3 N–H and O–H groups in total. The van der Waals surface area contributed by atoms with Gasteiger partial charge >= 0.3 is 5.97 Å². The number of ether oxygens (including phenoxy) is 1. The van der Waals surface area contributed by atoms with Gasteiger partial charge in [0.25, 0.3) is 5.91 Å². The molecule has 0 spiro atoms. The first-order chi connectivity index (χ1) is 11.8. The van der Waals surface area contributed by atoms with E-state index >= 15 is 0 Å². The minimum atomic E-state index is -0.990. The molecule has 7 nitrogen and oxygen atoms in total. The summed E-state index contributed by atoms with van der Waals surface area (Å²) in [6.07, 6.45) is 0. The Morgan fingerprint density at radius 3 is 2.68 bits per heavy atom. The first-order valence-corrected chi connectivity index (χ1v) is 7.74. The van der Waals surface area contributed by atoms with Crippen LogP contribution in [0.1, 0.15) is 16.1 Å². The topological polar surface area (TPSA) is 118 Å². The Labute approximate surface area is 157 Å². The number of rotatable bonds is 4. The Bertz CT molecular complexity index is 896. The van der Waals surface area contributed by atoms with E-state index in [-0.39, 0.29) is 26.6 Å². The third kappa shape index (κ3) is 4.51. The number of nitrogens with two attached hydrogens (primary N) is 1. The van der Waals surface area contributed by atoms with Gasteiger partial charge in [0, 0.05) is 5.69 Å². The predicted molar refractivity (Wildman–Crippen MR) is 93.7 cm³/mol. The zero-order valence-electron chi connectivity index (χ0n) is 12.3. The molecule has 0 aliphatic rings. The molecule has 0 fully saturated rings. The monoisotopic (exact) mass is 398 g/mol. The van der Waals surface area contributed by atoms with Crippen LogP contribution in [0.25, 0.3) is 0 Å². The molecule has 0 unspecified atom stereocenters. The third-order valence-electron chi connectivity index (χ3n) is 2.88. The molecule has 1 aromatic carbocycles. The van der Waals surface area contributed by atoms with Crippen LogP contribution in [0.15, 0.2) is 24.3 Å². The number of benzene rings is 1. The zero-order valence-corrected chi connectivity index (χ0v) is 14.6. The summed E-state index contributed by atoms with van der Waals surface area (Å²) in [5, 5.41) is 10.8. The van der Waals surface area contributed by atoms with Gasteiger partial charge in [0.15, 0.2) is 17.5 Å². The molecule has 2 aromatic rings. The van der Waals surface area contributed by atoms with Crippen LogP contribution in [0.5, 0.6) is 0 Å². The molecule has 1 aromatic heterocycles. The van der Waals surface area contributed by atoms with Gasteiger partial charge in [-0.3, -0.25) is 4.79 Å². The van der Waals surface area contributed by atoms with Crippen molar-refractivity contribution in [2.24, 2.45) is 0 Å². The van der Waals surface area contributed by atoms with Crippen LogP contribution >= 0.6 is 34.8 Å². The molecule has 1 heterocycles. The molecule has 0 bridgehead atoms. The first-order valence-electron chi connectivity index (χ1n) is 6.60. The van der Waals surface area contributed by atoms with Gasteiger partial charge in [0.2, 0.25) is 0 Å². The summed E-state index contributed by atoms with van der Waals surface area (Å²) in [5.74, 6) is -1.61. The van der Waals surface area contributed by atoms with Crippen molar-refractivity contribution < 1.29 is 14.3 Å². The summed E-state index contributed by atoms with van der Waals surface area (Å²) in [7, 11) is 0. The van der Waals surface area contributed by atoms with E-state index in [1.54, 1.807) is 18.2 Å². The molecular formula is C15H9Cl3N4O3. The Kier molecular flexibility index (Phi) is 6.04. The van der Waals surface area contributed by atoms with Gasteiger partial charge in [0.05, 0.1) is 22.3 Å². The quantitative estimate of drug-likeness (QED) is 0.601. The van der Waals surface area contributed by atoms with Crippen molar-refractivity contribution in [3.8, 4) is 6.07 Å². The number of halogens is 3. The number of hydrogen-bond acceptors (Lipinski definition) is 6. The summed E-state index contributed by atoms with van der Waals surface area (Å²) in [6.45, 7) is -0.603. The summed E-state index contributed by atoms with van der Waals surface area (Å²) in [4.78, 5) is 27.5. The van der Waals surface area contributed by atoms with Gasteiger partial charge in [-0.25, -0.2) is 9.78 Å². The average molecular weight is 400 g/mol. The number of nitriles is 1. The lowest BCUT2D eigenvalue weighted by Crippen LogP contribution is -2.21. The van der Waals surface area contributed by atoms with Crippen LogP contribution < -0.4 is 11.1 Å². The fourth-order valence-corrected chi connectivity index (χ4v) is 2.31. The predicted octanol–water partition coefficient (Wildman–Crippen LogP) is 3.29. The van der Waals surface area contributed by atoms with Gasteiger partial charge in [-0.2, -0.15) is 5.26 Å². The van der Waals surface area contributed by atoms with Crippen LogP contribution in [0.4, 0.5) is 11.4 Å². The van der Waals surface area contributed by atoms with Crippen molar-refractivity contribution in [3.63, 3.8) is 0 Å². The van der Waals surface area contributed by atoms with Crippen molar-refractivity contribution in [1.29, 1.82) is 5.26 Å². The third-order valence-corrected chi connectivity index (χ3v) is 4.01. The number of aromatic nitrogens is 1. The Morgan fingerprint density at radius 1 is 1.28 bits per heavy atom. The number of hydrogen-bond donors (Lipinski definition) is 2. The molecule has 0 atom stereocenters. The molecule has 0 aliphatic heterocycles. The van der Waals surface area contributed by atoms with E-state index in [0.717, 1.165) is 0 Å². The lowest BCUT2D eigenvalue weighted by molar-refractivity contribution is -0.119. The van der Waals surface area contributed by atoms with E-state index in [4.69, 9.17) is 50.5 Å². The fraction of sp³-hybridized carbons (Fsp3) is 0.0667. The van der Waals surface area contributed by atoms with E-state index < -0.39 is 18.5 Å². The van der Waals surface area contributed by atoms with Crippen LogP contribution in [0.2, 0.25) is 15.2 Å². The summed E-state index contributed by atoms with van der Waals surface area (Å²) in [5.41, 5.74) is 5.89. The first kappa shape index (κ1) is 18.8. The maximum Gasteiger partial charge on any atom is 0.359 e. The fourth-order valence-electron chi connectivity index (χ4n) is 1.73. The highest BCUT2D eigenvalue weighted by molar-refractivity contribution is 6.46. The highest BCUT2D eigenvalue weighted by Crippen LogP contribution is 2.34. The summed E-state index contributed by atoms with van der Waals surface area (Å²) < 4.78 is 4.83. The van der Waals surface area contributed by atoms with Crippen LogP contribution in [-0.2, 0) is 9.53 Å². The van der Waals surface area contributed by atoms with Crippen molar-refractivity contribution in [2.45, 2.75) is 0 Å². The smallest absolute Gasteiger partial charge is 0.359 e. The molecule has 1 amide bonds. The standard InChI is InChI=1S/C15H9Cl3N4O3/c16-10-12(20)11(17)14(18)22-13(10)15(24)25-6-9(23)21-8-3-1-2-7(4-8)5-19/h1-4H,6H2,(H2,20,22)(H,21,23). The molecule has 0 radical (unpaired) electrons. The molecule has 2 rings (SSSR count). The molecule has 0 aliphatic carbocycles. The lowest BCUT2D eigenvalue weighted by atomic mass is 10.2. The molecule has 128 valence electrons. The van der Waals surface area contributed by atoms with Crippen LogP contribution in [-0.4, -0.2) is 23.5 Å². The van der Waals surface area contributed by atoms with E-state index in [1.165, 1.54) is 6.07 Å². The number of amides is 1. The second kappa shape index (κ2) is 8.03. The number of pyridine rings is 1. The van der Waals surface area contributed by atoms with E-state index in [1.807, 2.05) is 6.07 Å². The molecule has 10 heteroatoms. The van der Waals surface area contributed by atoms with Gasteiger partial charge in [-0.1, -0.05) is 40.9 Å². The van der Waals surface area contributed by atoms with Crippen LogP contribution in [0.3, 0.4) is 0 Å². The highest BCUT2D eigenvalue weighted by atomic mass is 35.5. The highest BCUT2D eigenvalue weighted by Gasteiger charge is 2.21. The molecule has 0 saturated carbocycles. The Morgan fingerprint density at radius 2 is 2.00 bits per heavy atom. The van der Waals surface area contributed by atoms with Crippen molar-refractivity contribution in [3.05, 3.63) is 50.7 Å². The maximum absolute atomic E-state index is 12.0. The van der Waals surface area contributed by atoms with E-state index in [0.29, 0.717) is 11.3 Å². The SMILES string of the molecule is N#Cc1cccc(NC(=O)COC(=O)c2nc(Cl)c(Cl)c(N)c2Cl)c1. The van der Waals surface area contributed by atoms with E-state index in [2.05, 4.69) is 10.3 Å². The molecular weight excluding hydrogens is 391 g/mol. The van der Waals surface area contributed by atoms with Crippen molar-refractivity contribution in [2.75, 3.05) is 17.7 Å². The van der Waals surface area contributed by atoms with Gasteiger partial charge in [-0.05, 0) is 18.2 Å². The number of nitrogen functional groups attached to an aromatic ring is 1. The van der Waals surface area contributed by atoms with Crippen LogP contribution in [0, 0.1) is 11.3 Å². The van der Waals surface area contributed by atoms with E-state index in [9.17, 15) is 9.59 Å². The lowest BCUT2D eigenvalue weighted by Gasteiger charge is -2.09. The molecule has 25 heavy (non-hydrogen) atoms. The van der Waals surface area contributed by atoms with Gasteiger partial charge in [0.1, 0.15) is 5.02 Å². The maximum atomic E-state index is 12.0. The van der Waals surface area contributed by atoms with Crippen molar-refractivity contribution in [1.82, 2.24) is 4.98 Å². The number of carbonyl (C=O) groups is 2.